The number of phenols is 1. The molecule has 1 aromatic heterocycles. The second-order valence-corrected chi connectivity index (χ2v) is 35.8. The number of anilines is 1. The summed E-state index contributed by atoms with van der Waals surface area (Å²) in [5.74, 6) is -8.00. The molecule has 0 spiro atoms. The Kier molecular flexibility index (Phi) is 34.6. The molecule has 16 atom stereocenters. The van der Waals surface area contributed by atoms with Crippen LogP contribution in [0.2, 0.25) is 5.02 Å². The number of amides is 10. The number of carbonyl (C=O) groups is 11. The van der Waals surface area contributed by atoms with Gasteiger partial charge in [-0.2, -0.15) is 0 Å². The number of nitrogens with zero attached hydrogens (tertiary/aromatic N) is 2. The molecule has 0 saturated carbocycles. The summed E-state index contributed by atoms with van der Waals surface area (Å²) in [6.07, 6.45) is 0.441. The number of esters is 1. The van der Waals surface area contributed by atoms with Crippen LogP contribution in [-0.2, 0) is 92.6 Å². The summed E-state index contributed by atoms with van der Waals surface area (Å²) in [7, 11) is 10.5. The molecule has 32 nitrogen and oxygen atoms in total. The molecule has 0 radical (unpaired) electrons. The number of H-pyrrole nitrogens is 1. The van der Waals surface area contributed by atoms with E-state index in [4.69, 9.17) is 46.8 Å². The second-order valence-electron chi connectivity index (χ2n) is 30.2. The van der Waals surface area contributed by atoms with Crippen molar-refractivity contribution in [2.75, 3.05) is 69.3 Å². The molecule has 5 aromatic rings. The van der Waals surface area contributed by atoms with Crippen molar-refractivity contribution in [2.45, 2.75) is 189 Å². The van der Waals surface area contributed by atoms with Crippen molar-refractivity contribution in [3.63, 3.8) is 0 Å². The number of allylic oxidation sites excluding steroid dienone is 3. The number of likely N-dealkylation sites (N-methyl/N-ethyl adjacent to an activating group) is 1. The molecular formula is C82H108ClN13O19S4. The first-order valence-electron chi connectivity index (χ1n) is 39.2. The Labute approximate surface area is 711 Å². The van der Waals surface area contributed by atoms with Crippen LogP contribution >= 0.6 is 54.8 Å². The minimum atomic E-state index is -1.93. The van der Waals surface area contributed by atoms with Gasteiger partial charge in [0.1, 0.15) is 82.7 Å². The van der Waals surface area contributed by atoms with Crippen LogP contribution in [0.4, 0.5) is 10.5 Å². The average Bonchev–Trinajstić information content (AvgIpc) is 1.57. The molecule has 0 unspecified atom stereocenters. The Bertz CT molecular complexity index is 4470. The van der Waals surface area contributed by atoms with Crippen LogP contribution in [0.1, 0.15) is 95.4 Å². The van der Waals surface area contributed by atoms with Gasteiger partial charge in [-0.3, -0.25) is 48.5 Å². The zero-order valence-corrected chi connectivity index (χ0v) is 71.8. The quantitative estimate of drug-likeness (QED) is 0.0157. The fourth-order valence-corrected chi connectivity index (χ4v) is 18.7. The Morgan fingerprint density at radius 2 is 1.51 bits per heavy atom. The van der Waals surface area contributed by atoms with E-state index in [1.165, 1.54) is 85.7 Å². The lowest BCUT2D eigenvalue weighted by atomic mass is 9.83. The SMILES string of the molecule is COc1cc2cc(c1Cl)N(C)C(=O)C[C@H](OC(=O)[C@H](C)N(C)C(=O)CCSSCCNC(=O)[C@@H]1CSSC[C@H](NC(=O)[C@H](N)Cc3ccccc3)C(=O)N[C@@H](Cc3ccc(O)cc3)C(=O)N[C@H](Cc3c[nH]c4ccccc34)C(=O)N[C@@H](CCCCN)C(=O)N[C@@H]([C@@H](C)O)C(=O)N1)[C@]1(C)O[C@H]1[C@H](C)[C@@H]1C[C@@](O)(NC(=O)O1)[C@H](OC)/C=C/C=C(\C)C2. The zero-order chi connectivity index (χ0) is 86.4. The number of benzene rings is 4. The molecule has 9 rings (SSSR count). The van der Waals surface area contributed by atoms with Gasteiger partial charge < -0.3 is 102 Å². The van der Waals surface area contributed by atoms with E-state index >= 15 is 4.79 Å². The summed E-state index contributed by atoms with van der Waals surface area (Å²) in [6, 6.07) is 14.4. The summed E-state index contributed by atoms with van der Waals surface area (Å²) in [4.78, 5) is 164. The van der Waals surface area contributed by atoms with Gasteiger partial charge in [0.2, 0.25) is 53.2 Å². The maximum Gasteiger partial charge on any atom is 0.409 e. The van der Waals surface area contributed by atoms with Gasteiger partial charge in [-0.1, -0.05) is 146 Å². The number of alkyl carbamates (subject to hydrolysis) is 1. The van der Waals surface area contributed by atoms with Gasteiger partial charge in [0.05, 0.1) is 37.5 Å². The normalized spacial score (nSPS) is 26.6. The van der Waals surface area contributed by atoms with E-state index < -0.39 is 168 Å². The van der Waals surface area contributed by atoms with Crippen LogP contribution in [0, 0.1) is 5.92 Å². The average molecular weight is 1740 g/mol. The number of fused-ring (bicyclic) bond motifs is 6. The van der Waals surface area contributed by atoms with Crippen molar-refractivity contribution in [1.29, 1.82) is 0 Å². The first-order valence-corrected chi connectivity index (χ1v) is 44.5. The molecule has 4 aliphatic heterocycles. The minimum Gasteiger partial charge on any atom is -0.508 e. The van der Waals surface area contributed by atoms with Gasteiger partial charge in [0.25, 0.3) is 0 Å². The molecule has 0 aliphatic carbocycles. The van der Waals surface area contributed by atoms with Crippen molar-refractivity contribution < 1.29 is 91.7 Å². The lowest BCUT2D eigenvalue weighted by Crippen LogP contribution is -2.63. The van der Waals surface area contributed by atoms with Crippen LogP contribution in [-0.4, -0.2) is 245 Å². The second kappa shape index (κ2) is 43.9. The number of carbonyl (C=O) groups excluding carboxylic acids is 11. The van der Waals surface area contributed by atoms with Crippen LogP contribution in [0.5, 0.6) is 11.5 Å². The van der Waals surface area contributed by atoms with Crippen LogP contribution in [0.3, 0.4) is 0 Å². The third-order valence-electron chi connectivity index (χ3n) is 21.3. The number of nitrogens with two attached hydrogens (primary N) is 2. The summed E-state index contributed by atoms with van der Waals surface area (Å²) >= 11 is 6.89. The number of epoxide rings is 1. The smallest absolute Gasteiger partial charge is 0.409 e. The van der Waals surface area contributed by atoms with Crippen LogP contribution < -0.4 is 63.6 Å². The Morgan fingerprint density at radius 1 is 0.840 bits per heavy atom. The molecule has 16 N–H and O–H groups in total. The number of nitrogens with one attached hydrogen (secondary N) is 9. The number of halogens is 1. The monoisotopic (exact) mass is 1740 g/mol. The largest absolute Gasteiger partial charge is 0.508 e. The van der Waals surface area contributed by atoms with E-state index in [9.17, 15) is 63.3 Å². The van der Waals surface area contributed by atoms with Crippen LogP contribution in [0.25, 0.3) is 10.9 Å². The maximum absolute atomic E-state index is 15.0. The highest BCUT2D eigenvalue weighted by atomic mass is 35.5. The number of ether oxygens (including phenoxy) is 5. The number of phenolic OH excluding ortho intramolecular Hbond substituents is 1. The molecule has 10 amide bonds. The highest BCUT2D eigenvalue weighted by molar-refractivity contribution is 8.77. The molecular weight excluding hydrogens is 1630 g/mol. The van der Waals surface area contributed by atoms with Crippen molar-refractivity contribution >= 4 is 137 Å². The lowest BCUT2D eigenvalue weighted by Gasteiger charge is -2.42. The minimum absolute atomic E-state index is 0.0135. The summed E-state index contributed by atoms with van der Waals surface area (Å²) < 4.78 is 29.7. The van der Waals surface area contributed by atoms with E-state index in [1.54, 1.807) is 92.9 Å². The fraction of sp³-hybridized carbons (Fsp3) is 0.500. The van der Waals surface area contributed by atoms with Crippen LogP contribution in [0.15, 0.2) is 121 Å². The number of aromatic amines is 1. The highest BCUT2D eigenvalue weighted by Crippen LogP contribution is 2.49. The summed E-state index contributed by atoms with van der Waals surface area (Å²) in [5.41, 5.74) is 13.5. The Morgan fingerprint density at radius 3 is 2.22 bits per heavy atom. The van der Waals surface area contributed by atoms with Gasteiger partial charge in [0, 0.05) is 99.5 Å². The molecule has 37 heteroatoms. The number of hydrogen-bond donors (Lipinski definition) is 14. The number of hydrogen-bond acceptors (Lipinski definition) is 25. The van der Waals surface area contributed by atoms with E-state index in [-0.39, 0.29) is 85.4 Å². The van der Waals surface area contributed by atoms with Gasteiger partial charge in [-0.05, 0) is 119 Å². The molecule has 4 aromatic carbocycles. The number of aromatic nitrogens is 1. The molecule has 3 fully saturated rings. The van der Waals surface area contributed by atoms with E-state index in [0.717, 1.165) is 49.2 Å². The number of para-hydroxylation sites is 1. The van der Waals surface area contributed by atoms with Crippen molar-refractivity contribution in [1.82, 2.24) is 52.4 Å². The highest BCUT2D eigenvalue weighted by Gasteiger charge is 2.65. The predicted molar refractivity (Wildman–Crippen MR) is 457 cm³/mol. The van der Waals surface area contributed by atoms with Crippen molar-refractivity contribution in [2.24, 2.45) is 17.4 Å². The number of rotatable bonds is 26. The third kappa shape index (κ3) is 25.7. The fourth-order valence-electron chi connectivity index (χ4n) is 14.1. The van der Waals surface area contributed by atoms with Crippen molar-refractivity contribution in [3.8, 4) is 11.5 Å². The summed E-state index contributed by atoms with van der Waals surface area (Å²) in [5, 5.41) is 56.1. The standard InChI is InChI=1S/C82H108ClN13O19S4/c1-45-18-17-24-65(112-9)82(110)41-64(113-80(109)94-82)46(2)71-81(5,115-71)66(40-68(100)96(7)62-37-51(34-45)38-63(111-8)69(62)83)114-79(108)47(3)95(6)67(99)29-32-116-117-33-31-86-73(102)60-43-118-119-44-61(91-72(101)55(85)35-49-19-11-10-12-20-49)77(106)89-58(36-50-25-27-53(98)28-26-50)75(104)90-59(39-52-42-87-56-22-14-13-21-54(52)56)76(105)88-57(23-15-16-30-84)74(103)93-70(48(4)97)78(107)92-60/h10-14,17-22,24-28,37-38,42,46-48,55,57-61,64-66,70-71,87,97-98,110H,15-16,23,29-36,39-41,43-44,84-85H2,1-9H3,(H,86,102)(H,88,105)(H,89,106)(H,90,104)(H,91,101)(H,92,107)(H,93,103)(H,94,109)/b24-17+,45-18+/t46-,47+,48-,55-,57+,58+,59-,60+,61+,64+,65-,66+,70+,71+,81+,82+/m1/s1. The van der Waals surface area contributed by atoms with E-state index in [2.05, 4.69) is 47.5 Å². The number of aliphatic hydroxyl groups is 2. The molecule has 5 heterocycles. The van der Waals surface area contributed by atoms with E-state index in [1.807, 2.05) is 31.2 Å². The number of unbranched alkanes of at least 4 members (excludes halogenated alkanes) is 1. The Hall–Kier alpha value is -9.08. The number of methoxy groups -OCH3 is 2. The molecule has 646 valence electrons. The molecule has 4 aliphatic rings. The van der Waals surface area contributed by atoms with Crippen molar-refractivity contribution in [3.05, 3.63) is 148 Å². The first kappa shape index (κ1) is 93.8. The van der Waals surface area contributed by atoms with Gasteiger partial charge >= 0.3 is 12.1 Å². The lowest BCUT2D eigenvalue weighted by molar-refractivity contribution is -0.162. The van der Waals surface area contributed by atoms with E-state index in [0.29, 0.717) is 41.8 Å². The summed E-state index contributed by atoms with van der Waals surface area (Å²) in [6.45, 7) is 8.27. The zero-order valence-electron chi connectivity index (χ0n) is 67.8. The maximum atomic E-state index is 15.0. The molecule has 119 heavy (non-hydrogen) atoms. The van der Waals surface area contributed by atoms with Gasteiger partial charge in [-0.25, -0.2) is 9.59 Å². The van der Waals surface area contributed by atoms with Gasteiger partial charge in [-0.15, -0.1) is 0 Å². The molecule has 4 bridgehead atoms. The number of aliphatic hydroxyl groups excluding tert-OH is 1. The third-order valence-corrected chi connectivity index (χ3v) is 26.5. The number of aromatic hydroxyl groups is 1. The Balaban J connectivity index is 0.882. The topological polar surface area (TPSA) is 468 Å². The first-order chi connectivity index (χ1) is 56.7. The van der Waals surface area contributed by atoms with Gasteiger partial charge in [0.15, 0.2) is 5.72 Å². The predicted octanol–water partition coefficient (Wildman–Crippen LogP) is 4.46. The molecule has 3 saturated heterocycles.